The SMILES string of the molecule is Cc1[nH]c2c(C#N)cc(N)cc2c1C. The number of benzene rings is 1. The summed E-state index contributed by atoms with van der Waals surface area (Å²) >= 11 is 0. The summed E-state index contributed by atoms with van der Waals surface area (Å²) in [4.78, 5) is 3.20. The Bertz CT molecular complexity index is 544. The van der Waals surface area contributed by atoms with Gasteiger partial charge in [-0.1, -0.05) is 0 Å². The Morgan fingerprint density at radius 2 is 2.07 bits per heavy atom. The molecule has 3 heteroatoms. The van der Waals surface area contributed by atoms with Gasteiger partial charge < -0.3 is 10.7 Å². The molecular formula is C11H11N3. The molecule has 1 aromatic heterocycles. The normalized spacial score (nSPS) is 10.4. The summed E-state index contributed by atoms with van der Waals surface area (Å²) in [5.41, 5.74) is 10.1. The molecule has 0 saturated heterocycles. The number of anilines is 1. The van der Waals surface area contributed by atoms with E-state index in [1.165, 1.54) is 0 Å². The van der Waals surface area contributed by atoms with Crippen LogP contribution in [0.15, 0.2) is 12.1 Å². The van der Waals surface area contributed by atoms with Gasteiger partial charge in [-0.2, -0.15) is 5.26 Å². The zero-order valence-corrected chi connectivity index (χ0v) is 8.18. The minimum Gasteiger partial charge on any atom is -0.399 e. The van der Waals surface area contributed by atoms with Crippen LogP contribution >= 0.6 is 0 Å². The van der Waals surface area contributed by atoms with Crippen LogP contribution in [0.25, 0.3) is 10.9 Å². The van der Waals surface area contributed by atoms with Crippen LogP contribution in [0.4, 0.5) is 5.69 Å². The second-order valence-corrected chi connectivity index (χ2v) is 3.48. The smallest absolute Gasteiger partial charge is 0.101 e. The Balaban J connectivity index is 2.96. The van der Waals surface area contributed by atoms with E-state index in [1.807, 2.05) is 19.9 Å². The highest BCUT2D eigenvalue weighted by Crippen LogP contribution is 2.26. The molecule has 0 radical (unpaired) electrons. The van der Waals surface area contributed by atoms with Gasteiger partial charge in [-0.25, -0.2) is 0 Å². The lowest BCUT2D eigenvalue weighted by Gasteiger charge is -1.97. The molecule has 2 aromatic rings. The molecule has 3 N–H and O–H groups in total. The maximum atomic E-state index is 8.93. The topological polar surface area (TPSA) is 65.6 Å². The predicted molar refractivity (Wildman–Crippen MR) is 56.9 cm³/mol. The van der Waals surface area contributed by atoms with Gasteiger partial charge in [0.15, 0.2) is 0 Å². The monoisotopic (exact) mass is 185 g/mol. The van der Waals surface area contributed by atoms with Gasteiger partial charge in [0.25, 0.3) is 0 Å². The quantitative estimate of drug-likeness (QED) is 0.618. The van der Waals surface area contributed by atoms with Crippen molar-refractivity contribution >= 4 is 16.6 Å². The first-order valence-corrected chi connectivity index (χ1v) is 4.42. The number of fused-ring (bicyclic) bond motifs is 1. The van der Waals surface area contributed by atoms with Crippen molar-refractivity contribution in [3.63, 3.8) is 0 Å². The number of aryl methyl sites for hydroxylation is 2. The molecule has 0 spiro atoms. The van der Waals surface area contributed by atoms with Crippen molar-refractivity contribution < 1.29 is 0 Å². The maximum Gasteiger partial charge on any atom is 0.101 e. The first-order valence-electron chi connectivity index (χ1n) is 4.42. The lowest BCUT2D eigenvalue weighted by atomic mass is 10.1. The van der Waals surface area contributed by atoms with Crippen molar-refractivity contribution in [3.8, 4) is 6.07 Å². The summed E-state index contributed by atoms with van der Waals surface area (Å²) in [6, 6.07) is 5.73. The Kier molecular flexibility index (Phi) is 1.71. The van der Waals surface area contributed by atoms with Crippen molar-refractivity contribution in [2.75, 3.05) is 5.73 Å². The Morgan fingerprint density at radius 3 is 2.71 bits per heavy atom. The highest BCUT2D eigenvalue weighted by atomic mass is 14.7. The van der Waals surface area contributed by atoms with Crippen LogP contribution < -0.4 is 5.73 Å². The molecule has 0 amide bonds. The molecule has 0 unspecified atom stereocenters. The molecule has 0 atom stereocenters. The number of nitrogens with one attached hydrogen (secondary N) is 1. The molecule has 1 heterocycles. The fraction of sp³-hybridized carbons (Fsp3) is 0.182. The van der Waals surface area contributed by atoms with Crippen LogP contribution in [0.5, 0.6) is 0 Å². The molecule has 14 heavy (non-hydrogen) atoms. The first kappa shape index (κ1) is 8.64. The number of hydrogen-bond donors (Lipinski definition) is 2. The number of H-pyrrole nitrogens is 1. The van der Waals surface area contributed by atoms with Gasteiger partial charge >= 0.3 is 0 Å². The highest BCUT2D eigenvalue weighted by molar-refractivity contribution is 5.91. The standard InChI is InChI=1S/C11H11N3/c1-6-7(2)14-11-8(5-12)3-9(13)4-10(6)11/h3-4,14H,13H2,1-2H3. The fourth-order valence-electron chi connectivity index (χ4n) is 1.67. The minimum atomic E-state index is 0.608. The van der Waals surface area contributed by atoms with E-state index in [0.717, 1.165) is 22.2 Å². The van der Waals surface area contributed by atoms with Crippen molar-refractivity contribution in [2.45, 2.75) is 13.8 Å². The van der Waals surface area contributed by atoms with E-state index in [1.54, 1.807) is 6.07 Å². The predicted octanol–water partition coefficient (Wildman–Crippen LogP) is 2.24. The molecule has 2 rings (SSSR count). The van der Waals surface area contributed by atoms with Crippen LogP contribution in [-0.2, 0) is 0 Å². The molecule has 0 fully saturated rings. The second kappa shape index (κ2) is 2.78. The molecule has 0 aliphatic heterocycles. The van der Waals surface area contributed by atoms with Crippen LogP contribution in [0.1, 0.15) is 16.8 Å². The highest BCUT2D eigenvalue weighted by Gasteiger charge is 2.08. The minimum absolute atomic E-state index is 0.608. The van der Waals surface area contributed by atoms with E-state index in [2.05, 4.69) is 11.1 Å². The van der Waals surface area contributed by atoms with Crippen molar-refractivity contribution in [1.82, 2.24) is 4.98 Å². The average molecular weight is 185 g/mol. The van der Waals surface area contributed by atoms with Crippen LogP contribution in [-0.4, -0.2) is 4.98 Å². The Morgan fingerprint density at radius 1 is 1.36 bits per heavy atom. The number of nitrogens with zero attached hydrogens (tertiary/aromatic N) is 1. The van der Waals surface area contributed by atoms with Gasteiger partial charge in [0.05, 0.1) is 11.1 Å². The zero-order valence-electron chi connectivity index (χ0n) is 8.18. The van der Waals surface area contributed by atoms with Gasteiger partial charge in [-0.05, 0) is 31.5 Å². The van der Waals surface area contributed by atoms with Gasteiger partial charge in [0.2, 0.25) is 0 Å². The molecule has 70 valence electrons. The molecule has 1 aromatic carbocycles. The summed E-state index contributed by atoms with van der Waals surface area (Å²) in [7, 11) is 0. The van der Waals surface area contributed by atoms with E-state index in [0.29, 0.717) is 11.3 Å². The van der Waals surface area contributed by atoms with Crippen LogP contribution in [0.3, 0.4) is 0 Å². The zero-order chi connectivity index (χ0) is 10.3. The number of nitriles is 1. The van der Waals surface area contributed by atoms with Crippen LogP contribution in [0, 0.1) is 25.2 Å². The van der Waals surface area contributed by atoms with Crippen molar-refractivity contribution in [2.24, 2.45) is 0 Å². The van der Waals surface area contributed by atoms with Gasteiger partial charge in [0.1, 0.15) is 6.07 Å². The third kappa shape index (κ3) is 1.05. The van der Waals surface area contributed by atoms with Gasteiger partial charge in [-0.3, -0.25) is 0 Å². The summed E-state index contributed by atoms with van der Waals surface area (Å²) in [6.45, 7) is 4.02. The summed E-state index contributed by atoms with van der Waals surface area (Å²) in [5, 5.41) is 9.98. The molecular weight excluding hydrogens is 174 g/mol. The molecule has 0 bridgehead atoms. The number of nitrogens with two attached hydrogens (primary N) is 1. The summed E-state index contributed by atoms with van der Waals surface area (Å²) in [6.07, 6.45) is 0. The van der Waals surface area contributed by atoms with E-state index in [9.17, 15) is 0 Å². The second-order valence-electron chi connectivity index (χ2n) is 3.48. The van der Waals surface area contributed by atoms with Gasteiger partial charge in [-0.15, -0.1) is 0 Å². The van der Waals surface area contributed by atoms with Crippen LogP contribution in [0.2, 0.25) is 0 Å². The summed E-state index contributed by atoms with van der Waals surface area (Å²) < 4.78 is 0. The Hall–Kier alpha value is -1.95. The largest absolute Gasteiger partial charge is 0.399 e. The van der Waals surface area contributed by atoms with E-state index < -0.39 is 0 Å². The summed E-state index contributed by atoms with van der Waals surface area (Å²) in [5.74, 6) is 0. The fourth-order valence-corrected chi connectivity index (χ4v) is 1.67. The van der Waals surface area contributed by atoms with E-state index >= 15 is 0 Å². The third-order valence-electron chi connectivity index (χ3n) is 2.56. The number of aromatic nitrogens is 1. The number of aromatic amines is 1. The molecule has 3 nitrogen and oxygen atoms in total. The van der Waals surface area contributed by atoms with Gasteiger partial charge in [0, 0.05) is 16.8 Å². The maximum absolute atomic E-state index is 8.93. The first-order chi connectivity index (χ1) is 6.63. The van der Waals surface area contributed by atoms with E-state index in [4.69, 9.17) is 11.0 Å². The number of hydrogen-bond acceptors (Lipinski definition) is 2. The molecule has 0 aliphatic rings. The number of nitrogen functional groups attached to an aromatic ring is 1. The third-order valence-corrected chi connectivity index (χ3v) is 2.56. The van der Waals surface area contributed by atoms with Crippen molar-refractivity contribution in [3.05, 3.63) is 29.0 Å². The Labute approximate surface area is 82.1 Å². The lowest BCUT2D eigenvalue weighted by molar-refractivity contribution is 1.25. The molecule has 0 aliphatic carbocycles. The lowest BCUT2D eigenvalue weighted by Crippen LogP contribution is -1.87. The average Bonchev–Trinajstić information content (AvgIpc) is 2.43. The van der Waals surface area contributed by atoms with E-state index in [-0.39, 0.29) is 0 Å². The molecule has 0 saturated carbocycles. The van der Waals surface area contributed by atoms with Crippen molar-refractivity contribution in [1.29, 1.82) is 5.26 Å². The number of rotatable bonds is 0.